The predicted octanol–water partition coefficient (Wildman–Crippen LogP) is 2.10. The highest BCUT2D eigenvalue weighted by atomic mass is 32.2. The Balaban J connectivity index is 3.26. The average Bonchev–Trinajstić information content (AvgIpc) is 2.55. The molecular formula is C9H10N2O2S2. The minimum absolute atomic E-state index is 0.227. The van der Waals surface area contributed by atoms with Gasteiger partial charge in [0.05, 0.1) is 17.0 Å². The van der Waals surface area contributed by atoms with Gasteiger partial charge in [-0.2, -0.15) is 5.26 Å². The van der Waals surface area contributed by atoms with Crippen LogP contribution < -0.4 is 5.73 Å². The van der Waals surface area contributed by atoms with E-state index in [9.17, 15) is 4.79 Å². The zero-order valence-electron chi connectivity index (χ0n) is 8.36. The van der Waals surface area contributed by atoms with Crippen molar-refractivity contribution in [3.63, 3.8) is 0 Å². The first-order valence-electron chi connectivity index (χ1n) is 4.19. The van der Waals surface area contributed by atoms with Gasteiger partial charge in [-0.05, 0) is 5.75 Å². The van der Waals surface area contributed by atoms with Gasteiger partial charge in [0.1, 0.15) is 16.5 Å². The number of nitrogen functional groups attached to an aromatic ring is 1. The van der Waals surface area contributed by atoms with Gasteiger partial charge in [0, 0.05) is 0 Å². The normalized spacial score (nSPS) is 9.67. The van der Waals surface area contributed by atoms with Crippen molar-refractivity contribution in [3.05, 3.63) is 10.4 Å². The molecule has 0 aliphatic carbocycles. The number of esters is 1. The van der Waals surface area contributed by atoms with Crippen molar-refractivity contribution in [2.24, 2.45) is 0 Å². The van der Waals surface area contributed by atoms with Gasteiger partial charge < -0.3 is 10.5 Å². The van der Waals surface area contributed by atoms with E-state index in [1.807, 2.05) is 13.0 Å². The largest absolute Gasteiger partial charge is 0.465 e. The third kappa shape index (κ3) is 2.25. The number of hydrogen-bond donors (Lipinski definition) is 1. The van der Waals surface area contributed by atoms with Crippen LogP contribution in [0.2, 0.25) is 0 Å². The van der Waals surface area contributed by atoms with Gasteiger partial charge in [0.2, 0.25) is 0 Å². The molecule has 0 amide bonds. The molecule has 0 aromatic carbocycles. The summed E-state index contributed by atoms with van der Waals surface area (Å²) in [5.74, 6) is 0.329. The molecule has 6 heteroatoms. The SMILES string of the molecule is CCSc1sc(C#N)c(N)c1C(=O)OC. The summed E-state index contributed by atoms with van der Waals surface area (Å²) in [6.45, 7) is 1.97. The molecule has 15 heavy (non-hydrogen) atoms. The number of rotatable bonds is 3. The Morgan fingerprint density at radius 2 is 2.40 bits per heavy atom. The van der Waals surface area contributed by atoms with E-state index in [2.05, 4.69) is 4.74 Å². The Kier molecular flexibility index (Phi) is 4.00. The highest BCUT2D eigenvalue weighted by Crippen LogP contribution is 2.37. The van der Waals surface area contributed by atoms with Gasteiger partial charge in [0.15, 0.2) is 0 Å². The summed E-state index contributed by atoms with van der Waals surface area (Å²) in [4.78, 5) is 11.8. The molecule has 2 N–H and O–H groups in total. The molecule has 1 rings (SSSR count). The van der Waals surface area contributed by atoms with E-state index < -0.39 is 5.97 Å². The zero-order chi connectivity index (χ0) is 11.4. The second kappa shape index (κ2) is 5.05. The number of methoxy groups -OCH3 is 1. The first-order chi connectivity index (χ1) is 7.15. The summed E-state index contributed by atoms with van der Waals surface area (Å²) in [5.41, 5.74) is 6.25. The van der Waals surface area contributed by atoms with Crippen LogP contribution in [0.1, 0.15) is 22.2 Å². The molecule has 1 aromatic heterocycles. The Bertz CT molecular complexity index is 420. The molecule has 0 spiro atoms. The second-order valence-corrected chi connectivity index (χ2v) is 5.10. The lowest BCUT2D eigenvalue weighted by Crippen LogP contribution is -2.04. The van der Waals surface area contributed by atoms with Crippen molar-refractivity contribution in [2.45, 2.75) is 11.1 Å². The molecule has 1 heterocycles. The Morgan fingerprint density at radius 1 is 1.73 bits per heavy atom. The van der Waals surface area contributed by atoms with Gasteiger partial charge >= 0.3 is 5.97 Å². The summed E-state index contributed by atoms with van der Waals surface area (Å²) >= 11 is 2.71. The maximum atomic E-state index is 11.4. The molecule has 0 fully saturated rings. The van der Waals surface area contributed by atoms with E-state index in [1.54, 1.807) is 0 Å². The minimum Gasteiger partial charge on any atom is -0.465 e. The predicted molar refractivity (Wildman–Crippen MR) is 61.2 cm³/mol. The van der Waals surface area contributed by atoms with Crippen LogP contribution >= 0.6 is 23.1 Å². The Labute approximate surface area is 96.0 Å². The number of carbonyl (C=O) groups is 1. The van der Waals surface area contributed by atoms with E-state index in [-0.39, 0.29) is 5.69 Å². The van der Waals surface area contributed by atoms with E-state index in [0.29, 0.717) is 10.4 Å². The number of anilines is 1. The van der Waals surface area contributed by atoms with Crippen LogP contribution in [-0.2, 0) is 4.74 Å². The smallest absolute Gasteiger partial charge is 0.342 e. The number of thiophene rings is 1. The molecular weight excluding hydrogens is 232 g/mol. The third-order valence-corrected chi connectivity index (χ3v) is 3.94. The van der Waals surface area contributed by atoms with Gasteiger partial charge in [0.25, 0.3) is 0 Å². The van der Waals surface area contributed by atoms with E-state index >= 15 is 0 Å². The minimum atomic E-state index is -0.485. The topological polar surface area (TPSA) is 76.1 Å². The van der Waals surface area contributed by atoms with E-state index in [4.69, 9.17) is 11.0 Å². The molecule has 0 saturated heterocycles. The lowest BCUT2D eigenvalue weighted by Gasteiger charge is -2.00. The van der Waals surface area contributed by atoms with Gasteiger partial charge in [-0.1, -0.05) is 6.92 Å². The molecule has 0 aliphatic heterocycles. The number of nitrogens with zero attached hydrogens (tertiary/aromatic N) is 1. The van der Waals surface area contributed by atoms with Crippen LogP contribution in [0.15, 0.2) is 4.21 Å². The molecule has 0 unspecified atom stereocenters. The molecule has 80 valence electrons. The number of ether oxygens (including phenoxy) is 1. The molecule has 4 nitrogen and oxygen atoms in total. The first kappa shape index (κ1) is 11.9. The lowest BCUT2D eigenvalue weighted by molar-refractivity contribution is 0.0599. The molecule has 0 atom stereocenters. The van der Waals surface area contributed by atoms with E-state index in [1.165, 1.54) is 30.2 Å². The lowest BCUT2D eigenvalue weighted by atomic mass is 10.2. The molecule has 0 aliphatic rings. The fourth-order valence-corrected chi connectivity index (χ4v) is 3.21. The molecule has 0 saturated carbocycles. The Hall–Kier alpha value is -1.19. The summed E-state index contributed by atoms with van der Waals surface area (Å²) in [5, 5.41) is 8.80. The maximum absolute atomic E-state index is 11.4. The van der Waals surface area contributed by atoms with Crippen LogP contribution in [-0.4, -0.2) is 18.8 Å². The van der Waals surface area contributed by atoms with Crippen molar-refractivity contribution in [1.29, 1.82) is 5.26 Å². The van der Waals surface area contributed by atoms with Crippen LogP contribution in [0.5, 0.6) is 0 Å². The fraction of sp³-hybridized carbons (Fsp3) is 0.333. The van der Waals surface area contributed by atoms with Crippen LogP contribution in [0.4, 0.5) is 5.69 Å². The summed E-state index contributed by atoms with van der Waals surface area (Å²) in [7, 11) is 1.30. The summed E-state index contributed by atoms with van der Waals surface area (Å²) in [6.07, 6.45) is 0. The number of carbonyl (C=O) groups excluding carboxylic acids is 1. The third-order valence-electron chi connectivity index (χ3n) is 1.68. The fourth-order valence-electron chi connectivity index (χ4n) is 1.03. The van der Waals surface area contributed by atoms with Crippen molar-refractivity contribution >= 4 is 34.8 Å². The highest BCUT2D eigenvalue weighted by Gasteiger charge is 2.22. The van der Waals surface area contributed by atoms with Crippen molar-refractivity contribution in [1.82, 2.24) is 0 Å². The number of nitrogens with two attached hydrogens (primary N) is 1. The molecule has 0 bridgehead atoms. The maximum Gasteiger partial charge on any atom is 0.342 e. The van der Waals surface area contributed by atoms with Crippen molar-refractivity contribution in [3.8, 4) is 6.07 Å². The summed E-state index contributed by atoms with van der Waals surface area (Å²) in [6, 6.07) is 1.97. The number of nitriles is 1. The van der Waals surface area contributed by atoms with Crippen molar-refractivity contribution < 1.29 is 9.53 Å². The zero-order valence-corrected chi connectivity index (χ0v) is 10.00. The average molecular weight is 242 g/mol. The quantitative estimate of drug-likeness (QED) is 0.649. The van der Waals surface area contributed by atoms with Crippen LogP contribution in [0.3, 0.4) is 0 Å². The summed E-state index contributed by atoms with van der Waals surface area (Å²) < 4.78 is 5.38. The first-order valence-corrected chi connectivity index (χ1v) is 5.99. The highest BCUT2D eigenvalue weighted by molar-refractivity contribution is 8.01. The monoisotopic (exact) mass is 242 g/mol. The Morgan fingerprint density at radius 3 is 2.87 bits per heavy atom. The van der Waals surface area contributed by atoms with Crippen molar-refractivity contribution in [2.75, 3.05) is 18.6 Å². The standard InChI is InChI=1S/C9H10N2O2S2/c1-3-14-9-6(8(12)13-2)7(11)5(4-10)15-9/h3,11H2,1-2H3. The van der Waals surface area contributed by atoms with Crippen LogP contribution in [0, 0.1) is 11.3 Å². The molecule has 1 aromatic rings. The van der Waals surface area contributed by atoms with Crippen LogP contribution in [0.25, 0.3) is 0 Å². The van der Waals surface area contributed by atoms with Gasteiger partial charge in [-0.15, -0.1) is 23.1 Å². The second-order valence-electron chi connectivity index (χ2n) is 2.54. The number of hydrogen-bond acceptors (Lipinski definition) is 6. The van der Waals surface area contributed by atoms with Gasteiger partial charge in [-0.25, -0.2) is 4.79 Å². The number of thioether (sulfide) groups is 1. The van der Waals surface area contributed by atoms with E-state index in [0.717, 1.165) is 9.96 Å². The molecule has 0 radical (unpaired) electrons. The van der Waals surface area contributed by atoms with Gasteiger partial charge in [-0.3, -0.25) is 0 Å².